The Morgan fingerprint density at radius 1 is 1.04 bits per heavy atom. The van der Waals surface area contributed by atoms with E-state index in [9.17, 15) is 9.59 Å². The van der Waals surface area contributed by atoms with Crippen LogP contribution in [0.15, 0.2) is 36.4 Å². The van der Waals surface area contributed by atoms with E-state index in [2.05, 4.69) is 5.32 Å². The first kappa shape index (κ1) is 19.9. The number of para-hydroxylation sites is 1. The molecule has 6 nitrogen and oxygen atoms in total. The molecule has 0 unspecified atom stereocenters. The number of likely N-dealkylation sites (N-methyl/N-ethyl adjacent to an activating group) is 1. The van der Waals surface area contributed by atoms with E-state index in [4.69, 9.17) is 32.7 Å². The molecule has 0 aliphatic carbocycles. The maximum atomic E-state index is 12.5. The zero-order valence-electron chi connectivity index (χ0n) is 14.5. The molecule has 0 bridgehead atoms. The number of hydrogen-bond acceptors (Lipinski definition) is 4. The van der Waals surface area contributed by atoms with E-state index < -0.39 is 5.91 Å². The third kappa shape index (κ3) is 4.59. The van der Waals surface area contributed by atoms with Crippen LogP contribution >= 0.6 is 23.2 Å². The zero-order valence-corrected chi connectivity index (χ0v) is 16.0. The summed E-state index contributed by atoms with van der Waals surface area (Å²) in [4.78, 5) is 26.0. The largest absolute Gasteiger partial charge is 0.493 e. The smallest absolute Gasteiger partial charge is 0.254 e. The van der Waals surface area contributed by atoms with Crippen molar-refractivity contribution in [2.24, 2.45) is 0 Å². The fourth-order valence-electron chi connectivity index (χ4n) is 2.27. The van der Waals surface area contributed by atoms with Gasteiger partial charge in [-0.3, -0.25) is 9.59 Å². The first-order valence-corrected chi connectivity index (χ1v) is 8.34. The van der Waals surface area contributed by atoms with E-state index in [0.29, 0.717) is 32.8 Å². The molecule has 2 amide bonds. The quantitative estimate of drug-likeness (QED) is 0.807. The van der Waals surface area contributed by atoms with Gasteiger partial charge in [-0.25, -0.2) is 0 Å². The van der Waals surface area contributed by atoms with E-state index in [0.717, 1.165) is 0 Å². The number of methoxy groups -OCH3 is 2. The molecule has 138 valence electrons. The number of hydrogen-bond donors (Lipinski definition) is 1. The van der Waals surface area contributed by atoms with Crippen LogP contribution in [-0.4, -0.2) is 44.5 Å². The summed E-state index contributed by atoms with van der Waals surface area (Å²) >= 11 is 12.1. The molecule has 0 aliphatic rings. The van der Waals surface area contributed by atoms with Crippen molar-refractivity contribution in [1.82, 2.24) is 4.90 Å². The van der Waals surface area contributed by atoms with Crippen LogP contribution in [-0.2, 0) is 4.79 Å². The van der Waals surface area contributed by atoms with Crippen LogP contribution in [0.3, 0.4) is 0 Å². The number of amides is 2. The van der Waals surface area contributed by atoms with Crippen LogP contribution in [0.25, 0.3) is 0 Å². The average Bonchev–Trinajstić information content (AvgIpc) is 2.63. The lowest BCUT2D eigenvalue weighted by molar-refractivity contribution is -0.116. The molecule has 0 atom stereocenters. The molecular formula is C18H18Cl2N2O4. The van der Waals surface area contributed by atoms with E-state index >= 15 is 0 Å². The Labute approximate surface area is 161 Å². The molecule has 0 saturated carbocycles. The van der Waals surface area contributed by atoms with Crippen LogP contribution in [0.2, 0.25) is 10.0 Å². The molecule has 0 radical (unpaired) electrons. The van der Waals surface area contributed by atoms with E-state index in [1.807, 2.05) is 0 Å². The maximum absolute atomic E-state index is 12.5. The maximum Gasteiger partial charge on any atom is 0.254 e. The second kappa shape index (κ2) is 8.78. The number of anilines is 1. The Kier molecular flexibility index (Phi) is 6.71. The van der Waals surface area contributed by atoms with Crippen LogP contribution in [0.1, 0.15) is 10.4 Å². The molecule has 0 saturated heterocycles. The van der Waals surface area contributed by atoms with Crippen molar-refractivity contribution in [3.8, 4) is 11.5 Å². The van der Waals surface area contributed by atoms with Gasteiger partial charge in [-0.15, -0.1) is 0 Å². The second-order valence-corrected chi connectivity index (χ2v) is 6.19. The highest BCUT2D eigenvalue weighted by Gasteiger charge is 2.18. The van der Waals surface area contributed by atoms with Gasteiger partial charge in [0.05, 0.1) is 36.5 Å². The SMILES string of the molecule is COc1ccc(C(=O)N(C)CC(=O)Nc2c(Cl)cccc2Cl)cc1OC. The molecule has 1 N–H and O–H groups in total. The lowest BCUT2D eigenvalue weighted by atomic mass is 10.1. The minimum Gasteiger partial charge on any atom is -0.493 e. The number of halogens is 2. The van der Waals surface area contributed by atoms with Gasteiger partial charge in [0.15, 0.2) is 11.5 Å². The first-order valence-electron chi connectivity index (χ1n) is 7.58. The predicted molar refractivity (Wildman–Crippen MR) is 102 cm³/mol. The third-order valence-corrected chi connectivity index (χ3v) is 4.22. The Bertz CT molecular complexity index is 807. The third-order valence-electron chi connectivity index (χ3n) is 3.59. The van der Waals surface area contributed by atoms with Gasteiger partial charge in [0.1, 0.15) is 0 Å². The standard InChI is InChI=1S/C18H18Cl2N2O4/c1-22(10-16(23)21-17-12(19)5-4-6-13(17)20)18(24)11-7-8-14(25-2)15(9-11)26-3/h4-9H,10H2,1-3H3,(H,21,23). The molecule has 0 fully saturated rings. The minimum atomic E-state index is -0.420. The van der Waals surface area contributed by atoms with Crippen molar-refractivity contribution in [1.29, 1.82) is 0 Å². The molecule has 0 heterocycles. The molecule has 8 heteroatoms. The number of benzene rings is 2. The van der Waals surface area contributed by atoms with Crippen molar-refractivity contribution in [3.63, 3.8) is 0 Å². The topological polar surface area (TPSA) is 67.9 Å². The number of nitrogens with zero attached hydrogens (tertiary/aromatic N) is 1. The van der Waals surface area contributed by atoms with Crippen molar-refractivity contribution < 1.29 is 19.1 Å². The molecule has 2 aromatic carbocycles. The van der Waals surface area contributed by atoms with Gasteiger partial charge in [0.2, 0.25) is 5.91 Å². The van der Waals surface area contributed by atoms with Gasteiger partial charge in [0, 0.05) is 12.6 Å². The van der Waals surface area contributed by atoms with Crippen LogP contribution in [0.4, 0.5) is 5.69 Å². The fourth-order valence-corrected chi connectivity index (χ4v) is 2.76. The molecule has 0 aromatic heterocycles. The van der Waals surface area contributed by atoms with Gasteiger partial charge < -0.3 is 19.7 Å². The van der Waals surface area contributed by atoms with Gasteiger partial charge in [-0.05, 0) is 30.3 Å². The molecule has 2 rings (SSSR count). The number of nitrogens with one attached hydrogen (secondary N) is 1. The Morgan fingerprint density at radius 2 is 1.65 bits per heavy atom. The first-order chi connectivity index (χ1) is 12.4. The summed E-state index contributed by atoms with van der Waals surface area (Å²) in [6.07, 6.45) is 0. The Hall–Kier alpha value is -2.44. The normalized spacial score (nSPS) is 10.2. The summed E-state index contributed by atoms with van der Waals surface area (Å²) in [5.74, 6) is 0.180. The Morgan fingerprint density at radius 3 is 2.23 bits per heavy atom. The summed E-state index contributed by atoms with van der Waals surface area (Å²) in [6.45, 7) is -0.172. The zero-order chi connectivity index (χ0) is 19.3. The summed E-state index contributed by atoms with van der Waals surface area (Å²) in [6, 6.07) is 9.68. The van der Waals surface area contributed by atoms with Crippen molar-refractivity contribution in [2.45, 2.75) is 0 Å². The second-order valence-electron chi connectivity index (χ2n) is 5.38. The number of ether oxygens (including phenoxy) is 2. The highest BCUT2D eigenvalue weighted by atomic mass is 35.5. The lowest BCUT2D eigenvalue weighted by Crippen LogP contribution is -2.35. The van der Waals surface area contributed by atoms with Crippen molar-refractivity contribution in [3.05, 3.63) is 52.0 Å². The Balaban J connectivity index is 2.08. The van der Waals surface area contributed by atoms with Gasteiger partial charge in [0.25, 0.3) is 5.91 Å². The molecule has 2 aromatic rings. The fraction of sp³-hybridized carbons (Fsp3) is 0.222. The summed E-state index contributed by atoms with van der Waals surface area (Å²) in [5.41, 5.74) is 0.682. The minimum absolute atomic E-state index is 0.172. The number of carbonyl (C=O) groups is 2. The van der Waals surface area contributed by atoms with E-state index in [1.165, 1.54) is 26.2 Å². The highest BCUT2D eigenvalue weighted by Crippen LogP contribution is 2.30. The summed E-state index contributed by atoms with van der Waals surface area (Å²) < 4.78 is 10.3. The molecule has 26 heavy (non-hydrogen) atoms. The lowest BCUT2D eigenvalue weighted by Gasteiger charge is -2.18. The van der Waals surface area contributed by atoms with Gasteiger partial charge >= 0.3 is 0 Å². The number of rotatable bonds is 6. The van der Waals surface area contributed by atoms with E-state index in [-0.39, 0.29) is 12.5 Å². The molecule has 0 aliphatic heterocycles. The van der Waals surface area contributed by atoms with Crippen molar-refractivity contribution >= 4 is 40.7 Å². The van der Waals surface area contributed by atoms with Crippen LogP contribution < -0.4 is 14.8 Å². The monoisotopic (exact) mass is 396 g/mol. The molecule has 0 spiro atoms. The van der Waals surface area contributed by atoms with Crippen LogP contribution in [0, 0.1) is 0 Å². The summed E-state index contributed by atoms with van der Waals surface area (Å²) in [5, 5.41) is 3.25. The average molecular weight is 397 g/mol. The highest BCUT2D eigenvalue weighted by molar-refractivity contribution is 6.39. The van der Waals surface area contributed by atoms with Crippen LogP contribution in [0.5, 0.6) is 11.5 Å². The van der Waals surface area contributed by atoms with Gasteiger partial charge in [-0.1, -0.05) is 29.3 Å². The number of carbonyl (C=O) groups excluding carboxylic acids is 2. The summed E-state index contributed by atoms with van der Waals surface area (Å²) in [7, 11) is 4.51. The predicted octanol–water partition coefficient (Wildman–Crippen LogP) is 3.72. The van der Waals surface area contributed by atoms with E-state index in [1.54, 1.807) is 36.4 Å². The van der Waals surface area contributed by atoms with Crippen molar-refractivity contribution in [2.75, 3.05) is 33.1 Å². The van der Waals surface area contributed by atoms with Gasteiger partial charge in [-0.2, -0.15) is 0 Å². The molecular weight excluding hydrogens is 379 g/mol.